The molecule has 2 aromatic rings. The van der Waals surface area contributed by atoms with Crippen LogP contribution in [0.15, 0.2) is 40.9 Å². The van der Waals surface area contributed by atoms with Crippen molar-refractivity contribution in [1.82, 2.24) is 15.8 Å². The number of carbonyl (C=O) groups excluding carboxylic acids is 2. The number of nitrogens with one attached hydrogen (secondary N) is 2. The SMILES string of the molecule is CN(NC(=O)c1ccc(C(F)=CC(c2cc(Cl)c(Br)c(Cl)c2)C(F)(F)F)cc1C(F)(F)F)C(=O)NCC(F)(F)F. The quantitative estimate of drug-likeness (QED) is 0.188. The third kappa shape index (κ3) is 8.89. The Morgan fingerprint density at radius 1 is 1.00 bits per heavy atom. The highest BCUT2D eigenvalue weighted by Gasteiger charge is 2.41. The summed E-state index contributed by atoms with van der Waals surface area (Å²) in [4.78, 5) is 24.0. The Morgan fingerprint density at radius 2 is 1.55 bits per heavy atom. The van der Waals surface area contributed by atoms with Gasteiger partial charge in [0.1, 0.15) is 18.3 Å². The molecule has 0 bridgehead atoms. The molecule has 0 aliphatic carbocycles. The van der Waals surface area contributed by atoms with E-state index in [1.54, 1.807) is 5.43 Å². The zero-order valence-electron chi connectivity index (χ0n) is 19.4. The van der Waals surface area contributed by atoms with Crippen LogP contribution >= 0.6 is 39.1 Å². The van der Waals surface area contributed by atoms with Gasteiger partial charge in [-0.25, -0.2) is 14.2 Å². The minimum atomic E-state index is -5.35. The minimum Gasteiger partial charge on any atom is -0.327 e. The predicted octanol–water partition coefficient (Wildman–Crippen LogP) is 8.28. The van der Waals surface area contributed by atoms with Crippen LogP contribution in [0, 0.1) is 0 Å². The molecular formula is C22H14BrCl2F10N3O2. The summed E-state index contributed by atoms with van der Waals surface area (Å²) in [6.07, 6.45) is -15.3. The summed E-state index contributed by atoms with van der Waals surface area (Å²) < 4.78 is 134. The zero-order valence-corrected chi connectivity index (χ0v) is 22.5. The molecular weight excluding hydrogens is 679 g/mol. The monoisotopic (exact) mass is 691 g/mol. The Hall–Kier alpha value is -2.72. The van der Waals surface area contributed by atoms with E-state index in [1.807, 2.05) is 0 Å². The number of hydrogen-bond donors (Lipinski definition) is 2. The van der Waals surface area contributed by atoms with E-state index in [-0.39, 0.29) is 31.7 Å². The van der Waals surface area contributed by atoms with Crippen molar-refractivity contribution in [2.45, 2.75) is 24.4 Å². The highest BCUT2D eigenvalue weighted by atomic mass is 79.9. The van der Waals surface area contributed by atoms with Gasteiger partial charge in [-0.2, -0.15) is 39.5 Å². The Morgan fingerprint density at radius 3 is 2.02 bits per heavy atom. The van der Waals surface area contributed by atoms with Gasteiger partial charge >= 0.3 is 24.6 Å². The molecule has 1 unspecified atom stereocenters. The van der Waals surface area contributed by atoms with Crippen molar-refractivity contribution in [3.63, 3.8) is 0 Å². The first-order valence-corrected chi connectivity index (χ1v) is 11.9. The molecule has 2 N–H and O–H groups in total. The maximum absolute atomic E-state index is 14.9. The highest BCUT2D eigenvalue weighted by molar-refractivity contribution is 9.10. The third-order valence-corrected chi connectivity index (χ3v) is 6.80. The van der Waals surface area contributed by atoms with E-state index in [2.05, 4.69) is 15.9 Å². The summed E-state index contributed by atoms with van der Waals surface area (Å²) in [5.74, 6) is -6.09. The molecule has 0 fully saturated rings. The molecule has 5 nitrogen and oxygen atoms in total. The molecule has 0 radical (unpaired) electrons. The molecule has 2 rings (SSSR count). The molecule has 40 heavy (non-hydrogen) atoms. The lowest BCUT2D eigenvalue weighted by molar-refractivity contribution is -0.140. The molecule has 0 aliphatic heterocycles. The summed E-state index contributed by atoms with van der Waals surface area (Å²) >= 11 is 14.6. The molecule has 0 aromatic heterocycles. The van der Waals surface area contributed by atoms with E-state index >= 15 is 0 Å². The predicted molar refractivity (Wildman–Crippen MR) is 128 cm³/mol. The average Bonchev–Trinajstić information content (AvgIpc) is 2.81. The number of hydrazine groups is 1. The maximum Gasteiger partial charge on any atom is 0.417 e. The number of hydrogen-bond acceptors (Lipinski definition) is 2. The lowest BCUT2D eigenvalue weighted by atomic mass is 9.95. The van der Waals surface area contributed by atoms with Gasteiger partial charge in [0.2, 0.25) is 0 Å². The van der Waals surface area contributed by atoms with Crippen LogP contribution in [0.4, 0.5) is 48.7 Å². The van der Waals surface area contributed by atoms with Crippen LogP contribution in [0.5, 0.6) is 0 Å². The first kappa shape index (κ1) is 33.5. The van der Waals surface area contributed by atoms with Crippen molar-refractivity contribution in [1.29, 1.82) is 0 Å². The van der Waals surface area contributed by atoms with Crippen molar-refractivity contribution < 1.29 is 53.5 Å². The van der Waals surface area contributed by atoms with Crippen molar-refractivity contribution in [3.05, 3.63) is 73.2 Å². The topological polar surface area (TPSA) is 61.4 Å². The van der Waals surface area contributed by atoms with Gasteiger partial charge in [-0.3, -0.25) is 10.2 Å². The largest absolute Gasteiger partial charge is 0.417 e. The number of halogens is 13. The summed E-state index contributed by atoms with van der Waals surface area (Å²) in [6.45, 7) is -1.81. The van der Waals surface area contributed by atoms with Crippen LogP contribution in [0.1, 0.15) is 33.0 Å². The number of carbonyl (C=O) groups is 2. The van der Waals surface area contributed by atoms with E-state index in [0.29, 0.717) is 12.1 Å². The summed E-state index contributed by atoms with van der Waals surface area (Å²) in [7, 11) is 0.728. The Labute approximate surface area is 237 Å². The lowest BCUT2D eigenvalue weighted by Gasteiger charge is -2.21. The second-order valence-corrected chi connectivity index (χ2v) is 9.47. The normalized spacial score (nSPS) is 13.6. The van der Waals surface area contributed by atoms with E-state index in [1.165, 1.54) is 5.32 Å². The van der Waals surface area contributed by atoms with Gasteiger partial charge in [-0.1, -0.05) is 29.3 Å². The average molecular weight is 693 g/mol. The van der Waals surface area contributed by atoms with E-state index < -0.39 is 71.0 Å². The van der Waals surface area contributed by atoms with Gasteiger partial charge in [0, 0.05) is 12.6 Å². The van der Waals surface area contributed by atoms with Gasteiger partial charge in [0.25, 0.3) is 5.91 Å². The van der Waals surface area contributed by atoms with E-state index in [4.69, 9.17) is 23.2 Å². The molecule has 0 aliphatic rings. The fraction of sp³-hybridized carbons (Fsp3) is 0.273. The molecule has 0 spiro atoms. The molecule has 3 amide bonds. The van der Waals surface area contributed by atoms with Crippen LogP contribution in [-0.2, 0) is 6.18 Å². The molecule has 1 atom stereocenters. The lowest BCUT2D eigenvalue weighted by Crippen LogP contribution is -2.50. The van der Waals surface area contributed by atoms with Crippen LogP contribution < -0.4 is 10.7 Å². The molecule has 0 saturated heterocycles. The number of urea groups is 1. The molecule has 220 valence electrons. The van der Waals surface area contributed by atoms with Crippen molar-refractivity contribution in [2.24, 2.45) is 0 Å². The van der Waals surface area contributed by atoms with Gasteiger partial charge in [-0.15, -0.1) is 0 Å². The first-order chi connectivity index (χ1) is 18.1. The van der Waals surface area contributed by atoms with Crippen LogP contribution in [-0.4, -0.2) is 42.9 Å². The van der Waals surface area contributed by atoms with Crippen LogP contribution in [0.3, 0.4) is 0 Å². The minimum absolute atomic E-state index is 0.0100. The van der Waals surface area contributed by atoms with Crippen LogP contribution in [0.25, 0.3) is 5.83 Å². The standard InChI is InChI=1S/C22H14BrCl2F10N3O2/c1-38(19(40)36-8-20(27,28)29)37-18(39)11-3-2-9(4-13(11)22(33,34)35)16(26)7-12(21(30,31)32)10-5-14(24)17(23)15(25)6-10/h2-7,12H,8H2,1H3,(H,36,40)(H,37,39). The molecule has 18 heteroatoms. The first-order valence-electron chi connectivity index (χ1n) is 10.3. The summed E-state index contributed by atoms with van der Waals surface area (Å²) in [5, 5.41) is 0.984. The molecule has 0 heterocycles. The fourth-order valence-corrected chi connectivity index (χ4v) is 3.79. The van der Waals surface area contributed by atoms with Gasteiger partial charge in [0.15, 0.2) is 0 Å². The second kappa shape index (κ2) is 12.4. The second-order valence-electron chi connectivity index (χ2n) is 7.86. The van der Waals surface area contributed by atoms with Gasteiger partial charge < -0.3 is 5.32 Å². The molecule has 0 saturated carbocycles. The fourth-order valence-electron chi connectivity index (χ4n) is 3.06. The maximum atomic E-state index is 14.9. The number of benzene rings is 2. The summed E-state index contributed by atoms with van der Waals surface area (Å²) in [6, 6.07) is 1.16. The third-order valence-electron chi connectivity index (χ3n) is 4.89. The summed E-state index contributed by atoms with van der Waals surface area (Å²) in [5.41, 5.74) is -3.03. The molecule has 2 aromatic carbocycles. The van der Waals surface area contributed by atoms with Crippen LogP contribution in [0.2, 0.25) is 10.0 Å². The Balaban J connectivity index is 2.45. The Kier molecular flexibility index (Phi) is 10.4. The Bertz CT molecular complexity index is 1290. The smallest absolute Gasteiger partial charge is 0.327 e. The zero-order chi connectivity index (χ0) is 30.8. The van der Waals surface area contributed by atoms with Crippen molar-refractivity contribution in [3.8, 4) is 0 Å². The van der Waals surface area contributed by atoms with E-state index in [9.17, 15) is 53.5 Å². The number of allylic oxidation sites excluding steroid dienone is 1. The van der Waals surface area contributed by atoms with Gasteiger partial charge in [0.05, 0.1) is 25.6 Å². The number of alkyl halides is 9. The highest BCUT2D eigenvalue weighted by Crippen LogP contribution is 2.43. The number of amides is 3. The van der Waals surface area contributed by atoms with Gasteiger partial charge in [-0.05, 0) is 51.8 Å². The van der Waals surface area contributed by atoms with E-state index in [0.717, 1.165) is 19.2 Å². The number of rotatable bonds is 5. The van der Waals surface area contributed by atoms with Crippen molar-refractivity contribution in [2.75, 3.05) is 13.6 Å². The number of nitrogens with zero attached hydrogens (tertiary/aromatic N) is 1. The van der Waals surface area contributed by atoms with Crippen molar-refractivity contribution >= 4 is 56.9 Å².